The van der Waals surface area contributed by atoms with Crippen molar-refractivity contribution in [2.45, 2.75) is 11.8 Å². The quantitative estimate of drug-likeness (QED) is 0.694. The van der Waals surface area contributed by atoms with Crippen molar-refractivity contribution in [3.8, 4) is 5.75 Å². The van der Waals surface area contributed by atoms with Crippen molar-refractivity contribution >= 4 is 21.8 Å². The van der Waals surface area contributed by atoms with E-state index in [1.807, 2.05) is 13.0 Å². The van der Waals surface area contributed by atoms with Crippen LogP contribution in [0.15, 0.2) is 35.2 Å². The van der Waals surface area contributed by atoms with Gasteiger partial charge in [0.25, 0.3) is 0 Å². The van der Waals surface area contributed by atoms with Crippen molar-refractivity contribution < 1.29 is 17.9 Å². The van der Waals surface area contributed by atoms with Crippen molar-refractivity contribution in [3.05, 3.63) is 36.0 Å². The number of morpholine rings is 1. The van der Waals surface area contributed by atoms with Crippen LogP contribution in [-0.2, 0) is 14.8 Å². The minimum absolute atomic E-state index is 0.282. The summed E-state index contributed by atoms with van der Waals surface area (Å²) in [5, 5.41) is 0. The second-order valence-electron chi connectivity index (χ2n) is 7.33. The van der Waals surface area contributed by atoms with Crippen LogP contribution in [0.3, 0.4) is 0 Å². The van der Waals surface area contributed by atoms with E-state index in [4.69, 9.17) is 14.5 Å². The Kier molecular flexibility index (Phi) is 6.07. The lowest BCUT2D eigenvalue weighted by Gasteiger charge is -2.35. The molecular formula is C20H27N5O4S. The topological polar surface area (TPSA) is 88.1 Å². The van der Waals surface area contributed by atoms with Crippen LogP contribution in [-0.4, -0.2) is 82.3 Å². The molecule has 2 saturated heterocycles. The molecule has 0 atom stereocenters. The van der Waals surface area contributed by atoms with Crippen LogP contribution in [0.2, 0.25) is 0 Å². The minimum atomic E-state index is -3.53. The Labute approximate surface area is 177 Å². The van der Waals surface area contributed by atoms with E-state index in [1.165, 1.54) is 4.31 Å². The predicted molar refractivity (Wildman–Crippen MR) is 114 cm³/mol. The van der Waals surface area contributed by atoms with Crippen LogP contribution in [0.5, 0.6) is 5.75 Å². The number of ether oxygens (including phenoxy) is 2. The number of piperazine rings is 1. The van der Waals surface area contributed by atoms with Gasteiger partial charge in [-0.15, -0.1) is 0 Å². The number of sulfonamides is 1. The van der Waals surface area contributed by atoms with Crippen molar-refractivity contribution in [3.63, 3.8) is 0 Å². The second kappa shape index (κ2) is 8.75. The van der Waals surface area contributed by atoms with Gasteiger partial charge in [-0.25, -0.2) is 13.4 Å². The minimum Gasteiger partial charge on any atom is -0.497 e. The molecule has 2 aliphatic heterocycles. The summed E-state index contributed by atoms with van der Waals surface area (Å²) in [5.41, 5.74) is 0.898. The van der Waals surface area contributed by atoms with Gasteiger partial charge >= 0.3 is 0 Å². The largest absolute Gasteiger partial charge is 0.497 e. The standard InChI is InChI=1S/C20H27N5O4S/c1-16-15-19(22-20(21-16)24-11-13-29-14-12-24)23-7-9-25(10-8-23)30(26,27)18-5-3-17(28-2)4-6-18/h3-6,15H,7-14H2,1-2H3. The van der Waals surface area contributed by atoms with E-state index in [9.17, 15) is 8.42 Å². The molecule has 0 radical (unpaired) electrons. The zero-order valence-electron chi connectivity index (χ0n) is 17.3. The fourth-order valence-electron chi connectivity index (χ4n) is 3.66. The molecule has 3 heterocycles. The normalized spacial score (nSPS) is 18.5. The lowest BCUT2D eigenvalue weighted by Crippen LogP contribution is -2.49. The number of hydrogen-bond donors (Lipinski definition) is 0. The predicted octanol–water partition coefficient (Wildman–Crippen LogP) is 1.14. The van der Waals surface area contributed by atoms with Crippen LogP contribution >= 0.6 is 0 Å². The molecule has 0 aliphatic carbocycles. The Hall–Kier alpha value is -2.43. The monoisotopic (exact) mass is 433 g/mol. The molecule has 0 N–H and O–H groups in total. The molecule has 1 aromatic heterocycles. The lowest BCUT2D eigenvalue weighted by atomic mass is 10.3. The molecule has 2 aromatic rings. The molecule has 0 amide bonds. The fraction of sp³-hybridized carbons (Fsp3) is 0.500. The number of aromatic nitrogens is 2. The van der Waals surface area contributed by atoms with Crippen LogP contribution < -0.4 is 14.5 Å². The summed E-state index contributed by atoms with van der Waals surface area (Å²) in [6, 6.07) is 8.46. The highest BCUT2D eigenvalue weighted by Gasteiger charge is 2.29. The molecule has 9 nitrogen and oxygen atoms in total. The van der Waals surface area contributed by atoms with Gasteiger partial charge in [-0.2, -0.15) is 9.29 Å². The van der Waals surface area contributed by atoms with Crippen molar-refractivity contribution in [2.24, 2.45) is 0 Å². The van der Waals surface area contributed by atoms with Gasteiger partial charge in [-0.3, -0.25) is 0 Å². The first-order chi connectivity index (χ1) is 14.5. The molecular weight excluding hydrogens is 406 g/mol. The molecule has 0 saturated carbocycles. The third-order valence-corrected chi connectivity index (χ3v) is 7.30. The van der Waals surface area contributed by atoms with Gasteiger partial charge < -0.3 is 19.3 Å². The highest BCUT2D eigenvalue weighted by molar-refractivity contribution is 7.89. The zero-order valence-corrected chi connectivity index (χ0v) is 18.1. The number of benzene rings is 1. The Balaban J connectivity index is 1.45. The molecule has 0 unspecified atom stereocenters. The van der Waals surface area contributed by atoms with Crippen LogP contribution in [0.25, 0.3) is 0 Å². The zero-order chi connectivity index (χ0) is 21.1. The van der Waals surface area contributed by atoms with Gasteiger partial charge in [0, 0.05) is 51.0 Å². The second-order valence-corrected chi connectivity index (χ2v) is 9.27. The number of methoxy groups -OCH3 is 1. The van der Waals surface area contributed by atoms with E-state index in [2.05, 4.69) is 14.8 Å². The Bertz CT molecular complexity index is 969. The average molecular weight is 434 g/mol. The summed E-state index contributed by atoms with van der Waals surface area (Å²) in [6.07, 6.45) is 0. The van der Waals surface area contributed by atoms with E-state index in [0.29, 0.717) is 51.1 Å². The Morgan fingerprint density at radius 3 is 2.23 bits per heavy atom. The summed E-state index contributed by atoms with van der Waals surface area (Å²) < 4.78 is 38.0. The van der Waals surface area contributed by atoms with Gasteiger partial charge in [-0.1, -0.05) is 0 Å². The highest BCUT2D eigenvalue weighted by atomic mass is 32.2. The number of hydrogen-bond acceptors (Lipinski definition) is 8. The van der Waals surface area contributed by atoms with Crippen LogP contribution in [0.1, 0.15) is 5.69 Å². The third kappa shape index (κ3) is 4.35. The number of rotatable bonds is 5. The van der Waals surface area contributed by atoms with Crippen molar-refractivity contribution in [2.75, 3.05) is 69.4 Å². The lowest BCUT2D eigenvalue weighted by molar-refractivity contribution is 0.122. The van der Waals surface area contributed by atoms with Gasteiger partial charge in [0.05, 0.1) is 25.2 Å². The van der Waals surface area contributed by atoms with Crippen molar-refractivity contribution in [1.29, 1.82) is 0 Å². The van der Waals surface area contributed by atoms with E-state index in [0.717, 1.165) is 24.6 Å². The van der Waals surface area contributed by atoms with E-state index in [-0.39, 0.29) is 4.90 Å². The SMILES string of the molecule is COc1ccc(S(=O)(=O)N2CCN(c3cc(C)nc(N4CCOCC4)n3)CC2)cc1. The molecule has 0 bridgehead atoms. The number of aryl methyl sites for hydroxylation is 1. The molecule has 162 valence electrons. The molecule has 2 fully saturated rings. The summed E-state index contributed by atoms with van der Waals surface area (Å²) in [6.45, 7) is 6.83. The van der Waals surface area contributed by atoms with Crippen molar-refractivity contribution in [1.82, 2.24) is 14.3 Å². The first-order valence-electron chi connectivity index (χ1n) is 10.0. The van der Waals surface area contributed by atoms with Crippen LogP contribution in [0.4, 0.5) is 11.8 Å². The first kappa shape index (κ1) is 20.8. The number of anilines is 2. The molecule has 30 heavy (non-hydrogen) atoms. The smallest absolute Gasteiger partial charge is 0.243 e. The molecule has 0 spiro atoms. The average Bonchev–Trinajstić information content (AvgIpc) is 2.79. The van der Waals surface area contributed by atoms with Crippen LogP contribution in [0, 0.1) is 6.92 Å². The maximum absolute atomic E-state index is 13.0. The molecule has 10 heteroatoms. The van der Waals surface area contributed by atoms with E-state index >= 15 is 0 Å². The third-order valence-electron chi connectivity index (χ3n) is 5.38. The summed E-state index contributed by atoms with van der Waals surface area (Å²) in [5.74, 6) is 2.18. The van der Waals surface area contributed by atoms with Gasteiger partial charge in [-0.05, 0) is 31.2 Å². The maximum Gasteiger partial charge on any atom is 0.243 e. The first-order valence-corrected chi connectivity index (χ1v) is 11.5. The van der Waals surface area contributed by atoms with Gasteiger partial charge in [0.1, 0.15) is 11.6 Å². The highest BCUT2D eigenvalue weighted by Crippen LogP contribution is 2.23. The number of nitrogens with zero attached hydrogens (tertiary/aromatic N) is 5. The van der Waals surface area contributed by atoms with Gasteiger partial charge in [0.15, 0.2) is 0 Å². The van der Waals surface area contributed by atoms with E-state index < -0.39 is 10.0 Å². The maximum atomic E-state index is 13.0. The molecule has 2 aliphatic rings. The molecule has 4 rings (SSSR count). The Morgan fingerprint density at radius 1 is 0.933 bits per heavy atom. The Morgan fingerprint density at radius 2 is 1.60 bits per heavy atom. The summed E-state index contributed by atoms with van der Waals surface area (Å²) >= 11 is 0. The summed E-state index contributed by atoms with van der Waals surface area (Å²) in [4.78, 5) is 13.9. The summed E-state index contributed by atoms with van der Waals surface area (Å²) in [7, 11) is -1.97. The van der Waals surface area contributed by atoms with Gasteiger partial charge in [0.2, 0.25) is 16.0 Å². The fourth-order valence-corrected chi connectivity index (χ4v) is 5.08. The van der Waals surface area contributed by atoms with E-state index in [1.54, 1.807) is 31.4 Å². The molecule has 1 aromatic carbocycles.